The number of anilines is 1. The number of hydrogen-bond donors (Lipinski definition) is 1. The van der Waals surface area contributed by atoms with Crippen LogP contribution < -0.4 is 10.4 Å². The summed E-state index contributed by atoms with van der Waals surface area (Å²) in [6.07, 6.45) is 4.18. The lowest BCUT2D eigenvalue weighted by Gasteiger charge is -2.17. The van der Waals surface area contributed by atoms with Gasteiger partial charge in [0.05, 0.1) is 31.9 Å². The van der Waals surface area contributed by atoms with Gasteiger partial charge in [-0.2, -0.15) is 5.10 Å². The van der Waals surface area contributed by atoms with Crippen molar-refractivity contribution in [2.45, 2.75) is 13.0 Å². The summed E-state index contributed by atoms with van der Waals surface area (Å²) in [5.74, 6) is 0.0773. The minimum Gasteiger partial charge on any atom is -0.442 e. The molecule has 10 heteroatoms. The molecule has 1 unspecified atom stereocenters. The van der Waals surface area contributed by atoms with Crippen LogP contribution in [0.5, 0.6) is 0 Å². The van der Waals surface area contributed by atoms with Gasteiger partial charge in [0.2, 0.25) is 0 Å². The van der Waals surface area contributed by atoms with Crippen LogP contribution in [0, 0.1) is 5.82 Å². The smallest absolute Gasteiger partial charge is 0.414 e. The van der Waals surface area contributed by atoms with Gasteiger partial charge >= 0.3 is 6.09 Å². The molecule has 0 aliphatic carbocycles. The van der Waals surface area contributed by atoms with E-state index in [2.05, 4.69) is 27.3 Å². The maximum Gasteiger partial charge on any atom is 0.414 e. The van der Waals surface area contributed by atoms with Gasteiger partial charge < -0.3 is 4.74 Å². The maximum atomic E-state index is 14.9. The zero-order valence-corrected chi connectivity index (χ0v) is 17.6. The fourth-order valence-electron chi connectivity index (χ4n) is 3.46. The molecule has 0 bridgehead atoms. The molecule has 2 aromatic rings. The monoisotopic (exact) mass is 438 g/mol. The maximum absolute atomic E-state index is 14.9. The minimum atomic E-state index is -0.527. The molecule has 0 spiro atoms. The van der Waals surface area contributed by atoms with Crippen LogP contribution in [0.3, 0.4) is 0 Å². The highest BCUT2D eigenvalue weighted by Crippen LogP contribution is 2.29. The topological polar surface area (TPSA) is 91.6 Å². The van der Waals surface area contributed by atoms with Crippen molar-refractivity contribution in [2.24, 2.45) is 10.1 Å². The third-order valence-electron chi connectivity index (χ3n) is 4.98. The highest BCUT2D eigenvalue weighted by Gasteiger charge is 2.33. The van der Waals surface area contributed by atoms with Crippen molar-refractivity contribution < 1.29 is 18.8 Å². The number of hydroxylamine groups is 1. The third kappa shape index (κ3) is 4.59. The van der Waals surface area contributed by atoms with E-state index < -0.39 is 18.0 Å². The number of ether oxygens (including phenoxy) is 1. The van der Waals surface area contributed by atoms with E-state index in [1.54, 1.807) is 41.7 Å². The van der Waals surface area contributed by atoms with Gasteiger partial charge in [-0.3, -0.25) is 24.7 Å². The molecule has 1 aromatic heterocycles. The first-order valence-corrected chi connectivity index (χ1v) is 10.1. The van der Waals surface area contributed by atoms with Gasteiger partial charge in [0.25, 0.3) is 0 Å². The van der Waals surface area contributed by atoms with Gasteiger partial charge in [0.1, 0.15) is 17.6 Å². The molecular formula is C22H23FN6O3. The molecule has 1 fully saturated rings. The first-order chi connectivity index (χ1) is 15.6. The number of hydrazone groups is 1. The lowest BCUT2D eigenvalue weighted by Crippen LogP contribution is -2.31. The molecule has 3 heterocycles. The molecule has 32 heavy (non-hydrogen) atoms. The van der Waals surface area contributed by atoms with Crippen LogP contribution in [0.15, 0.2) is 58.9 Å². The van der Waals surface area contributed by atoms with Crippen LogP contribution in [-0.2, 0) is 9.57 Å². The van der Waals surface area contributed by atoms with E-state index in [1.165, 1.54) is 11.0 Å². The number of cyclic esters (lactones) is 1. The van der Waals surface area contributed by atoms with Crippen LogP contribution in [0.2, 0.25) is 0 Å². The quantitative estimate of drug-likeness (QED) is 0.528. The van der Waals surface area contributed by atoms with Crippen LogP contribution in [0.25, 0.3) is 11.1 Å². The molecule has 2 aliphatic rings. The molecule has 1 amide bonds. The number of nitrogens with zero attached hydrogens (tertiary/aromatic N) is 5. The Morgan fingerprint density at radius 1 is 1.41 bits per heavy atom. The van der Waals surface area contributed by atoms with Gasteiger partial charge in [0, 0.05) is 30.2 Å². The van der Waals surface area contributed by atoms with E-state index in [0.29, 0.717) is 48.0 Å². The molecule has 2 aliphatic heterocycles. The first-order valence-electron chi connectivity index (χ1n) is 10.1. The Morgan fingerprint density at radius 2 is 2.28 bits per heavy atom. The Hall–Kier alpha value is -3.79. The highest BCUT2D eigenvalue weighted by molar-refractivity contribution is 5.96. The average Bonchev–Trinajstić information content (AvgIpc) is 3.19. The number of benzene rings is 1. The number of carbonyl (C=O) groups is 1. The van der Waals surface area contributed by atoms with Gasteiger partial charge in [-0.05, 0) is 31.2 Å². The van der Waals surface area contributed by atoms with Crippen LogP contribution in [0.1, 0.15) is 12.6 Å². The molecule has 0 saturated carbocycles. The predicted octanol–water partition coefficient (Wildman–Crippen LogP) is 2.95. The summed E-state index contributed by atoms with van der Waals surface area (Å²) in [6.45, 7) is 7.06. The van der Waals surface area contributed by atoms with Crippen molar-refractivity contribution >= 4 is 24.3 Å². The lowest BCUT2D eigenvalue weighted by molar-refractivity contribution is 0.0824. The Morgan fingerprint density at radius 3 is 2.94 bits per heavy atom. The number of amides is 1. The molecular weight excluding hydrogens is 415 g/mol. The Balaban J connectivity index is 1.48. The van der Waals surface area contributed by atoms with E-state index >= 15 is 0 Å². The van der Waals surface area contributed by atoms with Crippen molar-refractivity contribution in [1.29, 1.82) is 0 Å². The molecule has 9 nitrogen and oxygen atoms in total. The second-order valence-corrected chi connectivity index (χ2v) is 7.14. The Kier molecular flexibility index (Phi) is 6.41. The summed E-state index contributed by atoms with van der Waals surface area (Å²) >= 11 is 0. The average molecular weight is 438 g/mol. The highest BCUT2D eigenvalue weighted by atomic mass is 19.1. The molecule has 1 saturated heterocycles. The molecule has 0 radical (unpaired) electrons. The third-order valence-corrected chi connectivity index (χ3v) is 4.98. The van der Waals surface area contributed by atoms with E-state index in [4.69, 9.17) is 9.57 Å². The summed E-state index contributed by atoms with van der Waals surface area (Å²) in [5, 5.41) is 5.45. The lowest BCUT2D eigenvalue weighted by atomic mass is 10.1. The van der Waals surface area contributed by atoms with Crippen molar-refractivity contribution in [3.63, 3.8) is 0 Å². The van der Waals surface area contributed by atoms with Crippen molar-refractivity contribution in [1.82, 2.24) is 15.5 Å². The molecule has 4 rings (SSSR count). The predicted molar refractivity (Wildman–Crippen MR) is 119 cm³/mol. The number of rotatable bonds is 7. The van der Waals surface area contributed by atoms with Crippen LogP contribution >= 0.6 is 0 Å². The summed E-state index contributed by atoms with van der Waals surface area (Å²) in [7, 11) is 0. The van der Waals surface area contributed by atoms with Gasteiger partial charge in [-0.15, -0.1) is 0 Å². The zero-order chi connectivity index (χ0) is 22.5. The number of hydrogen-bond acceptors (Lipinski definition) is 8. The van der Waals surface area contributed by atoms with Crippen molar-refractivity contribution in [2.75, 3.05) is 31.1 Å². The van der Waals surface area contributed by atoms with Gasteiger partial charge in [-0.1, -0.05) is 12.1 Å². The zero-order valence-electron chi connectivity index (χ0n) is 17.6. The molecule has 166 valence electrons. The number of halogens is 1. The molecule has 1 aromatic carbocycles. The first kappa shape index (κ1) is 21.4. The van der Waals surface area contributed by atoms with Crippen LogP contribution in [0.4, 0.5) is 14.9 Å². The second-order valence-electron chi connectivity index (χ2n) is 7.14. The fourth-order valence-corrected chi connectivity index (χ4v) is 3.46. The van der Waals surface area contributed by atoms with Gasteiger partial charge in [-0.25, -0.2) is 14.7 Å². The number of amidine groups is 1. The second kappa shape index (κ2) is 9.56. The number of carbonyl (C=O) groups excluding carboxylic acids is 1. The summed E-state index contributed by atoms with van der Waals surface area (Å²) in [4.78, 5) is 27.5. The number of allylic oxidation sites excluding steroid dienone is 1. The summed E-state index contributed by atoms with van der Waals surface area (Å²) in [5.41, 5.74) is 4.74. The number of nitrogens with one attached hydrogen (secondary N) is 1. The number of aliphatic imine (C=N–C) groups is 1. The Bertz CT molecular complexity index is 1060. The van der Waals surface area contributed by atoms with E-state index in [1.807, 2.05) is 13.0 Å². The number of pyridine rings is 1. The number of aromatic nitrogens is 1. The minimum absolute atomic E-state index is 0.286. The Labute approximate surface area is 184 Å². The molecule has 1 atom stereocenters. The van der Waals surface area contributed by atoms with E-state index in [0.717, 1.165) is 0 Å². The molecule has 1 N–H and O–H groups in total. The standard InChI is InChI=1S/C22H23FN6O3/c1-3-9-28(24-2)13-17-14-29(22(30)32-17)16-5-6-18(19(23)11-16)15-4-7-20(26-12-15)21-25-8-10-31-27-21/h3-7,9,11-12,17H,2,8,10,13-14H2,1H3,(H,25,27)/b9-3-. The summed E-state index contributed by atoms with van der Waals surface area (Å²) < 4.78 is 20.3. The van der Waals surface area contributed by atoms with E-state index in [-0.39, 0.29) is 6.54 Å². The summed E-state index contributed by atoms with van der Waals surface area (Å²) in [6, 6.07) is 8.14. The van der Waals surface area contributed by atoms with E-state index in [9.17, 15) is 9.18 Å². The van der Waals surface area contributed by atoms with Crippen LogP contribution in [-0.4, -0.2) is 61.0 Å². The van der Waals surface area contributed by atoms with Gasteiger partial charge in [0.15, 0.2) is 5.84 Å². The normalized spacial score (nSPS) is 18.3. The van der Waals surface area contributed by atoms with Crippen molar-refractivity contribution in [3.05, 3.63) is 60.3 Å². The van der Waals surface area contributed by atoms with Crippen molar-refractivity contribution in [3.8, 4) is 11.1 Å². The fraction of sp³-hybridized carbons (Fsp3) is 0.273. The SMILES string of the molecule is C=NN(/C=C\C)CC1CN(c2ccc(-c3ccc(C4=NCCON4)nc3)c(F)c2)C(=O)O1. The largest absolute Gasteiger partial charge is 0.442 e.